The first-order valence-corrected chi connectivity index (χ1v) is 7.88. The van der Waals surface area contributed by atoms with Crippen molar-refractivity contribution in [1.82, 2.24) is 0 Å². The summed E-state index contributed by atoms with van der Waals surface area (Å²) in [6.07, 6.45) is 2.31. The number of anilines is 3. The minimum absolute atomic E-state index is 0.00154. The summed E-state index contributed by atoms with van der Waals surface area (Å²) < 4.78 is 0. The van der Waals surface area contributed by atoms with Crippen molar-refractivity contribution < 1.29 is 0 Å². The molecule has 2 aliphatic rings. The van der Waals surface area contributed by atoms with Crippen molar-refractivity contribution in [3.05, 3.63) is 66.7 Å². The molecule has 2 heterocycles. The third-order valence-corrected chi connectivity index (χ3v) is 5.89. The molecule has 0 spiro atoms. The van der Waals surface area contributed by atoms with Crippen LogP contribution in [0.1, 0.15) is 26.3 Å². The molecule has 2 aliphatic heterocycles. The molecule has 2 atom stereocenters. The Morgan fingerprint density at radius 3 is 2.36 bits per heavy atom. The second kappa shape index (κ2) is 4.16. The van der Waals surface area contributed by atoms with Crippen LogP contribution in [0.3, 0.4) is 0 Å². The van der Waals surface area contributed by atoms with E-state index in [4.69, 9.17) is 0 Å². The quantitative estimate of drug-likeness (QED) is 0.738. The van der Waals surface area contributed by atoms with E-state index in [0.717, 1.165) is 0 Å². The smallest absolute Gasteiger partial charge is 0.114 e. The first kappa shape index (κ1) is 13.4. The molecule has 4 rings (SSSR count). The maximum atomic E-state index is 4.18. The van der Waals surface area contributed by atoms with Gasteiger partial charge in [-0.1, -0.05) is 57.2 Å². The summed E-state index contributed by atoms with van der Waals surface area (Å²) >= 11 is 0. The number of nitrogens with one attached hydrogen (secondary N) is 1. The predicted molar refractivity (Wildman–Crippen MR) is 93.8 cm³/mol. The molecule has 112 valence electrons. The van der Waals surface area contributed by atoms with Crippen LogP contribution in [-0.2, 0) is 5.41 Å². The molecular formula is C20H22N2. The SMILES string of the molecule is C=CC1(C)C2Nc3ccccc3N2c2ccccc2C1(C)C. The summed E-state index contributed by atoms with van der Waals surface area (Å²) in [6.45, 7) is 11.2. The van der Waals surface area contributed by atoms with Crippen molar-refractivity contribution in [2.24, 2.45) is 5.41 Å². The van der Waals surface area contributed by atoms with Crippen LogP contribution in [-0.4, -0.2) is 6.17 Å². The maximum Gasteiger partial charge on any atom is 0.114 e. The lowest BCUT2D eigenvalue weighted by atomic mass is 9.58. The highest BCUT2D eigenvalue weighted by molar-refractivity contribution is 5.86. The van der Waals surface area contributed by atoms with Crippen LogP contribution in [0.5, 0.6) is 0 Å². The molecule has 0 amide bonds. The molecule has 0 bridgehead atoms. The number of benzene rings is 2. The Kier molecular flexibility index (Phi) is 2.54. The van der Waals surface area contributed by atoms with Gasteiger partial charge in [-0.3, -0.25) is 0 Å². The topological polar surface area (TPSA) is 15.3 Å². The monoisotopic (exact) mass is 290 g/mol. The number of rotatable bonds is 1. The molecule has 0 saturated carbocycles. The van der Waals surface area contributed by atoms with Gasteiger partial charge in [-0.25, -0.2) is 0 Å². The molecule has 2 aromatic carbocycles. The highest BCUT2D eigenvalue weighted by atomic mass is 15.4. The van der Waals surface area contributed by atoms with E-state index < -0.39 is 0 Å². The Morgan fingerprint density at radius 1 is 1.00 bits per heavy atom. The molecule has 0 saturated heterocycles. The summed E-state index contributed by atoms with van der Waals surface area (Å²) in [4.78, 5) is 2.44. The summed E-state index contributed by atoms with van der Waals surface area (Å²) in [5, 5.41) is 3.73. The van der Waals surface area contributed by atoms with E-state index in [9.17, 15) is 0 Å². The van der Waals surface area contributed by atoms with Crippen LogP contribution in [0.2, 0.25) is 0 Å². The zero-order valence-electron chi connectivity index (χ0n) is 13.4. The Hall–Kier alpha value is -2.22. The Bertz CT molecular complexity index is 762. The predicted octanol–water partition coefficient (Wildman–Crippen LogP) is 5.06. The molecule has 0 aliphatic carbocycles. The maximum absolute atomic E-state index is 4.18. The highest BCUT2D eigenvalue weighted by Gasteiger charge is 2.55. The zero-order chi connectivity index (χ0) is 15.5. The van der Waals surface area contributed by atoms with Crippen LogP contribution in [0, 0.1) is 5.41 Å². The fraction of sp³-hybridized carbons (Fsp3) is 0.300. The number of nitrogens with zero attached hydrogens (tertiary/aromatic N) is 1. The van der Waals surface area contributed by atoms with Crippen LogP contribution in [0.15, 0.2) is 61.2 Å². The lowest BCUT2D eigenvalue weighted by Crippen LogP contribution is -2.58. The number of para-hydroxylation sites is 3. The molecule has 0 aromatic heterocycles. The van der Waals surface area contributed by atoms with Gasteiger partial charge in [-0.2, -0.15) is 0 Å². The summed E-state index contributed by atoms with van der Waals surface area (Å²) in [5.41, 5.74) is 5.06. The van der Waals surface area contributed by atoms with Gasteiger partial charge in [0.1, 0.15) is 6.17 Å². The van der Waals surface area contributed by atoms with Crippen molar-refractivity contribution in [1.29, 1.82) is 0 Å². The standard InChI is InChI=1S/C20H22N2/c1-5-20(4)18-21-15-11-7-9-13-17(15)22(18)16-12-8-6-10-14(16)19(20,2)3/h5-13,18,21H,1H2,2-4H3. The van der Waals surface area contributed by atoms with Gasteiger partial charge >= 0.3 is 0 Å². The van der Waals surface area contributed by atoms with E-state index in [1.807, 2.05) is 0 Å². The van der Waals surface area contributed by atoms with Gasteiger partial charge in [0.05, 0.1) is 11.4 Å². The minimum atomic E-state index is -0.0830. The van der Waals surface area contributed by atoms with Gasteiger partial charge in [-0.15, -0.1) is 6.58 Å². The van der Waals surface area contributed by atoms with E-state index in [2.05, 4.69) is 92.2 Å². The molecule has 22 heavy (non-hydrogen) atoms. The molecule has 0 fully saturated rings. The van der Waals surface area contributed by atoms with E-state index >= 15 is 0 Å². The summed E-state index contributed by atoms with van der Waals surface area (Å²) in [7, 11) is 0. The average Bonchev–Trinajstić information content (AvgIpc) is 2.93. The summed E-state index contributed by atoms with van der Waals surface area (Å²) in [5.74, 6) is 0. The van der Waals surface area contributed by atoms with Gasteiger partial charge in [0.25, 0.3) is 0 Å². The van der Waals surface area contributed by atoms with Crippen LogP contribution >= 0.6 is 0 Å². The molecule has 0 radical (unpaired) electrons. The molecule has 2 nitrogen and oxygen atoms in total. The normalized spacial score (nSPS) is 27.4. The lowest BCUT2D eigenvalue weighted by Gasteiger charge is -2.54. The first-order valence-electron chi connectivity index (χ1n) is 7.88. The van der Waals surface area contributed by atoms with Gasteiger partial charge in [0, 0.05) is 16.5 Å². The van der Waals surface area contributed by atoms with Crippen molar-refractivity contribution in [2.75, 3.05) is 10.2 Å². The number of hydrogen-bond donors (Lipinski definition) is 1. The minimum Gasteiger partial charge on any atom is -0.362 e. The Labute approximate surface area is 132 Å². The second-order valence-electron chi connectivity index (χ2n) is 7.06. The van der Waals surface area contributed by atoms with Crippen molar-refractivity contribution >= 4 is 17.1 Å². The van der Waals surface area contributed by atoms with Gasteiger partial charge < -0.3 is 10.2 Å². The van der Waals surface area contributed by atoms with Gasteiger partial charge in [0.2, 0.25) is 0 Å². The second-order valence-corrected chi connectivity index (χ2v) is 7.06. The molecular weight excluding hydrogens is 268 g/mol. The van der Waals surface area contributed by atoms with Crippen molar-refractivity contribution in [3.63, 3.8) is 0 Å². The Balaban J connectivity index is 2.04. The molecule has 2 heteroatoms. The van der Waals surface area contributed by atoms with E-state index in [0.29, 0.717) is 0 Å². The third-order valence-electron chi connectivity index (χ3n) is 5.89. The van der Waals surface area contributed by atoms with Crippen molar-refractivity contribution in [3.8, 4) is 0 Å². The Morgan fingerprint density at radius 2 is 1.64 bits per heavy atom. The molecule has 2 unspecified atom stereocenters. The molecule has 1 N–H and O–H groups in total. The van der Waals surface area contributed by atoms with Gasteiger partial charge in [0.15, 0.2) is 0 Å². The lowest BCUT2D eigenvalue weighted by molar-refractivity contribution is 0.195. The third kappa shape index (κ3) is 1.40. The highest BCUT2D eigenvalue weighted by Crippen LogP contribution is 2.59. The first-order chi connectivity index (χ1) is 10.5. The van der Waals surface area contributed by atoms with Gasteiger partial charge in [-0.05, 0) is 23.8 Å². The fourth-order valence-electron chi connectivity index (χ4n) is 4.05. The fourth-order valence-corrected chi connectivity index (χ4v) is 4.05. The van der Waals surface area contributed by atoms with E-state index in [-0.39, 0.29) is 17.0 Å². The largest absolute Gasteiger partial charge is 0.362 e. The van der Waals surface area contributed by atoms with Crippen LogP contribution < -0.4 is 10.2 Å². The van der Waals surface area contributed by atoms with Crippen LogP contribution in [0.25, 0.3) is 0 Å². The zero-order valence-corrected chi connectivity index (χ0v) is 13.4. The van der Waals surface area contributed by atoms with E-state index in [1.165, 1.54) is 22.6 Å². The summed E-state index contributed by atoms with van der Waals surface area (Å²) in [6, 6.07) is 17.3. The van der Waals surface area contributed by atoms with Crippen molar-refractivity contribution in [2.45, 2.75) is 32.4 Å². The number of fused-ring (bicyclic) bond motifs is 5. The number of hydrogen-bond acceptors (Lipinski definition) is 2. The van der Waals surface area contributed by atoms with Crippen LogP contribution in [0.4, 0.5) is 17.1 Å². The molecule has 2 aromatic rings. The van der Waals surface area contributed by atoms with E-state index in [1.54, 1.807) is 0 Å². The average molecular weight is 290 g/mol.